The molecule has 0 aliphatic rings. The molecule has 0 fully saturated rings. The van der Waals surface area contributed by atoms with Crippen LogP contribution in [0.3, 0.4) is 0 Å². The van der Waals surface area contributed by atoms with Gasteiger partial charge in [0.05, 0.1) is 11.0 Å². The second-order valence-electron chi connectivity index (χ2n) is 6.13. The number of sulfonamides is 1. The highest BCUT2D eigenvalue weighted by Crippen LogP contribution is 2.33. The Morgan fingerprint density at radius 3 is 2.11 bits per heavy atom. The van der Waals surface area contributed by atoms with Gasteiger partial charge in [-0.05, 0) is 30.7 Å². The Kier molecular flexibility index (Phi) is 5.08. The third-order valence-corrected chi connectivity index (χ3v) is 5.74. The lowest BCUT2D eigenvalue weighted by Crippen LogP contribution is -2.46. The Morgan fingerprint density at radius 1 is 0.926 bits per heavy atom. The first-order valence-electron chi connectivity index (χ1n) is 8.21. The van der Waals surface area contributed by atoms with Gasteiger partial charge in [0.25, 0.3) is 0 Å². The number of halogens is 1. The van der Waals surface area contributed by atoms with Gasteiger partial charge in [0.1, 0.15) is 5.82 Å². The van der Waals surface area contributed by atoms with E-state index in [0.29, 0.717) is 5.56 Å². The maximum atomic E-state index is 14.6. The van der Waals surface area contributed by atoms with E-state index in [0.717, 1.165) is 5.56 Å². The van der Waals surface area contributed by atoms with Crippen LogP contribution in [0.15, 0.2) is 83.8 Å². The lowest BCUT2D eigenvalue weighted by atomic mass is 9.85. The van der Waals surface area contributed by atoms with Crippen molar-refractivity contribution in [1.29, 1.82) is 5.26 Å². The van der Waals surface area contributed by atoms with E-state index in [9.17, 15) is 18.1 Å². The predicted molar refractivity (Wildman–Crippen MR) is 101 cm³/mol. The third-order valence-electron chi connectivity index (χ3n) is 4.27. The number of nitriles is 1. The molecule has 0 spiro atoms. The molecule has 1 atom stereocenters. The van der Waals surface area contributed by atoms with Crippen LogP contribution in [-0.4, -0.2) is 8.42 Å². The van der Waals surface area contributed by atoms with Crippen molar-refractivity contribution in [3.8, 4) is 6.07 Å². The molecule has 6 heteroatoms. The molecule has 3 aromatic rings. The van der Waals surface area contributed by atoms with Crippen molar-refractivity contribution in [2.45, 2.75) is 17.4 Å². The summed E-state index contributed by atoms with van der Waals surface area (Å²) in [6, 6.07) is 22.1. The molecule has 3 rings (SSSR count). The molecule has 27 heavy (non-hydrogen) atoms. The zero-order chi connectivity index (χ0) is 19.5. The molecule has 1 N–H and O–H groups in total. The Morgan fingerprint density at radius 2 is 1.52 bits per heavy atom. The molecule has 0 aliphatic carbocycles. The monoisotopic (exact) mass is 380 g/mol. The Balaban J connectivity index is 2.21. The summed E-state index contributed by atoms with van der Waals surface area (Å²) < 4.78 is 43.0. The van der Waals surface area contributed by atoms with Crippen LogP contribution in [0, 0.1) is 24.1 Å². The van der Waals surface area contributed by atoms with Crippen molar-refractivity contribution in [1.82, 2.24) is 4.72 Å². The molecule has 0 saturated carbocycles. The summed E-state index contributed by atoms with van der Waals surface area (Å²) in [6.45, 7) is 1.84. The van der Waals surface area contributed by atoms with Crippen LogP contribution >= 0.6 is 0 Å². The average molecular weight is 380 g/mol. The summed E-state index contributed by atoms with van der Waals surface area (Å²) in [5, 5.41) is 10.0. The van der Waals surface area contributed by atoms with Crippen molar-refractivity contribution < 1.29 is 12.8 Å². The van der Waals surface area contributed by atoms with Crippen LogP contribution < -0.4 is 4.72 Å². The largest absolute Gasteiger partial charge is 0.242 e. The molecule has 0 aromatic heterocycles. The Labute approximate surface area is 158 Å². The molecule has 0 amide bonds. The van der Waals surface area contributed by atoms with Crippen LogP contribution in [0.1, 0.15) is 16.7 Å². The molecule has 0 aliphatic heterocycles. The lowest BCUT2D eigenvalue weighted by Gasteiger charge is -2.29. The molecular weight excluding hydrogens is 363 g/mol. The highest BCUT2D eigenvalue weighted by atomic mass is 32.2. The number of benzene rings is 3. The fraction of sp³-hybridized carbons (Fsp3) is 0.0952. The smallest absolute Gasteiger partial charge is 0.207 e. The standard InChI is InChI=1S/C21H17FN2O2S/c1-16-11-13-18(14-12-16)27(25,26)24-21(15-23,17-7-3-2-4-8-17)19-9-5-6-10-20(19)22/h2-14,24H,1H3. The molecule has 4 nitrogen and oxygen atoms in total. The Hall–Kier alpha value is -3.01. The summed E-state index contributed by atoms with van der Waals surface area (Å²) in [5.74, 6) is -0.672. The number of aryl methyl sites for hydroxylation is 1. The van der Waals surface area contributed by atoms with E-state index in [2.05, 4.69) is 4.72 Å². The van der Waals surface area contributed by atoms with E-state index in [4.69, 9.17) is 0 Å². The molecular formula is C21H17FN2O2S. The zero-order valence-electron chi connectivity index (χ0n) is 14.6. The minimum atomic E-state index is -4.10. The van der Waals surface area contributed by atoms with Crippen LogP contribution in [0.25, 0.3) is 0 Å². The maximum Gasteiger partial charge on any atom is 0.242 e. The van der Waals surface area contributed by atoms with Crippen molar-refractivity contribution in [3.05, 3.63) is 101 Å². The van der Waals surface area contributed by atoms with Gasteiger partial charge in [-0.25, -0.2) is 12.8 Å². The summed E-state index contributed by atoms with van der Waals surface area (Å²) in [4.78, 5) is -0.00000425. The topological polar surface area (TPSA) is 70.0 Å². The van der Waals surface area contributed by atoms with Gasteiger partial charge in [0, 0.05) is 5.56 Å². The Bertz CT molecular complexity index is 1090. The first-order valence-corrected chi connectivity index (χ1v) is 9.70. The van der Waals surface area contributed by atoms with Gasteiger partial charge < -0.3 is 0 Å². The van der Waals surface area contributed by atoms with Crippen LogP contribution in [0.5, 0.6) is 0 Å². The highest BCUT2D eigenvalue weighted by molar-refractivity contribution is 7.89. The van der Waals surface area contributed by atoms with Crippen LogP contribution in [0.2, 0.25) is 0 Å². The van der Waals surface area contributed by atoms with Crippen molar-refractivity contribution in [3.63, 3.8) is 0 Å². The SMILES string of the molecule is Cc1ccc(S(=O)(=O)NC(C#N)(c2ccccc2)c2ccccc2F)cc1. The summed E-state index contributed by atoms with van der Waals surface area (Å²) in [7, 11) is -4.10. The molecule has 0 saturated heterocycles. The van der Waals surface area contributed by atoms with Crippen molar-refractivity contribution in [2.24, 2.45) is 0 Å². The average Bonchev–Trinajstić information content (AvgIpc) is 2.68. The number of hydrogen-bond acceptors (Lipinski definition) is 3. The van der Waals surface area contributed by atoms with E-state index in [-0.39, 0.29) is 10.5 Å². The molecule has 0 radical (unpaired) electrons. The van der Waals surface area contributed by atoms with E-state index in [1.165, 1.54) is 30.3 Å². The number of rotatable bonds is 5. The minimum Gasteiger partial charge on any atom is -0.207 e. The van der Waals surface area contributed by atoms with Crippen LogP contribution in [-0.2, 0) is 15.6 Å². The number of nitrogens with one attached hydrogen (secondary N) is 1. The second-order valence-corrected chi connectivity index (χ2v) is 7.81. The first kappa shape index (κ1) is 18.8. The summed E-state index contributed by atoms with van der Waals surface area (Å²) in [6.07, 6.45) is 0. The molecule has 3 aromatic carbocycles. The summed E-state index contributed by atoms with van der Waals surface area (Å²) >= 11 is 0. The van der Waals surface area contributed by atoms with E-state index < -0.39 is 21.4 Å². The minimum absolute atomic E-state index is 0.00000425. The quantitative estimate of drug-likeness (QED) is 0.730. The van der Waals surface area contributed by atoms with Gasteiger partial charge in [0.15, 0.2) is 5.54 Å². The lowest BCUT2D eigenvalue weighted by molar-refractivity contribution is 0.517. The summed E-state index contributed by atoms with van der Waals surface area (Å²) in [5.41, 5.74) is -0.739. The van der Waals surface area contributed by atoms with Gasteiger partial charge in [-0.3, -0.25) is 0 Å². The predicted octanol–water partition coefficient (Wildman–Crippen LogP) is 3.88. The van der Waals surface area contributed by atoms with Crippen molar-refractivity contribution >= 4 is 10.0 Å². The van der Waals surface area contributed by atoms with Gasteiger partial charge >= 0.3 is 0 Å². The molecule has 0 heterocycles. The van der Waals surface area contributed by atoms with Crippen molar-refractivity contribution in [2.75, 3.05) is 0 Å². The van der Waals surface area contributed by atoms with E-state index in [1.807, 2.05) is 13.0 Å². The van der Waals surface area contributed by atoms with Gasteiger partial charge in [-0.2, -0.15) is 9.98 Å². The third kappa shape index (κ3) is 3.61. The highest BCUT2D eigenvalue weighted by Gasteiger charge is 2.41. The van der Waals surface area contributed by atoms with Gasteiger partial charge in [0.2, 0.25) is 10.0 Å². The van der Waals surface area contributed by atoms with Gasteiger partial charge in [-0.15, -0.1) is 0 Å². The molecule has 136 valence electrons. The molecule has 1 unspecified atom stereocenters. The fourth-order valence-corrected chi connectivity index (χ4v) is 4.14. The number of hydrogen-bond donors (Lipinski definition) is 1. The van der Waals surface area contributed by atoms with Crippen LogP contribution in [0.4, 0.5) is 4.39 Å². The normalized spacial score (nSPS) is 13.5. The zero-order valence-corrected chi connectivity index (χ0v) is 15.4. The fourth-order valence-electron chi connectivity index (χ4n) is 2.85. The second kappa shape index (κ2) is 7.31. The van der Waals surface area contributed by atoms with Gasteiger partial charge in [-0.1, -0.05) is 66.2 Å². The van der Waals surface area contributed by atoms with E-state index >= 15 is 0 Å². The maximum absolute atomic E-state index is 14.6. The first-order chi connectivity index (χ1) is 12.9. The molecule has 0 bridgehead atoms. The van der Waals surface area contributed by atoms with E-state index in [1.54, 1.807) is 48.5 Å². The number of nitrogens with zero attached hydrogens (tertiary/aromatic N) is 1.